The van der Waals surface area contributed by atoms with Gasteiger partial charge >= 0.3 is 0 Å². The van der Waals surface area contributed by atoms with Gasteiger partial charge in [0.25, 0.3) is 0 Å². The first-order chi connectivity index (χ1) is 26.5. The maximum Gasteiger partial charge on any atom is 0.160 e. The minimum absolute atomic E-state index is 0.109. The molecule has 9 aromatic rings. The van der Waals surface area contributed by atoms with Gasteiger partial charge in [-0.2, -0.15) is 5.26 Å². The van der Waals surface area contributed by atoms with Gasteiger partial charge in [0.05, 0.1) is 34.1 Å². The van der Waals surface area contributed by atoms with Crippen LogP contribution in [0.25, 0.3) is 83.6 Å². The fourth-order valence-electron chi connectivity index (χ4n) is 8.33. The average molecular weight is 691 g/mol. The molecule has 0 atom stereocenters. The van der Waals surface area contributed by atoms with Crippen molar-refractivity contribution in [2.75, 3.05) is 0 Å². The van der Waals surface area contributed by atoms with Crippen LogP contribution in [-0.4, -0.2) is 14.5 Å². The van der Waals surface area contributed by atoms with Crippen LogP contribution in [0.5, 0.6) is 0 Å². The summed E-state index contributed by atoms with van der Waals surface area (Å²) in [6, 6.07) is 61.7. The number of nitrogens with zero attached hydrogens (tertiary/aromatic N) is 4. The fourth-order valence-corrected chi connectivity index (χ4v) is 8.33. The van der Waals surface area contributed by atoms with E-state index in [1.165, 1.54) is 33.0 Å². The number of fused-ring (bicyclic) bond motifs is 6. The van der Waals surface area contributed by atoms with Crippen LogP contribution < -0.4 is 0 Å². The third-order valence-corrected chi connectivity index (χ3v) is 11.0. The van der Waals surface area contributed by atoms with Crippen molar-refractivity contribution in [3.8, 4) is 67.9 Å². The standard InChI is InChI=1S/C50H34N4/c1-50(2)43-22-11-9-20-39(43)41-29-48-42(28-44(41)50)40-21-10-12-23-47(40)54(48)38-26-36(35-19-13-14-32(24-35)31-51)25-37(27-38)46-30-45(33-15-5-3-6-16-33)52-49(53-46)34-17-7-4-8-18-34/h3-30H,1-2H3. The molecule has 1 aliphatic rings. The fraction of sp³-hybridized carbons (Fsp3) is 0.0600. The molecule has 7 aromatic carbocycles. The molecule has 0 radical (unpaired) electrons. The predicted octanol–water partition coefficient (Wildman–Crippen LogP) is 12.4. The van der Waals surface area contributed by atoms with E-state index in [2.05, 4.69) is 140 Å². The Labute approximate surface area is 314 Å². The second-order valence-electron chi connectivity index (χ2n) is 14.6. The molecular weight excluding hydrogens is 657 g/mol. The van der Waals surface area contributed by atoms with Crippen LogP contribution in [-0.2, 0) is 5.41 Å². The summed E-state index contributed by atoms with van der Waals surface area (Å²) in [5.41, 5.74) is 15.7. The van der Waals surface area contributed by atoms with Gasteiger partial charge in [0.15, 0.2) is 5.82 Å². The summed E-state index contributed by atoms with van der Waals surface area (Å²) in [5.74, 6) is 0.666. The van der Waals surface area contributed by atoms with Gasteiger partial charge in [-0.3, -0.25) is 0 Å². The maximum absolute atomic E-state index is 9.87. The Balaban J connectivity index is 1.27. The number of hydrogen-bond donors (Lipinski definition) is 0. The molecule has 0 amide bonds. The van der Waals surface area contributed by atoms with Crippen molar-refractivity contribution in [2.24, 2.45) is 0 Å². The smallest absolute Gasteiger partial charge is 0.160 e. The van der Waals surface area contributed by atoms with Gasteiger partial charge in [-0.25, -0.2) is 9.97 Å². The normalized spacial score (nSPS) is 12.8. The third kappa shape index (κ3) is 5.05. The highest BCUT2D eigenvalue weighted by Crippen LogP contribution is 2.51. The highest BCUT2D eigenvalue weighted by Gasteiger charge is 2.36. The number of benzene rings is 7. The topological polar surface area (TPSA) is 54.5 Å². The van der Waals surface area contributed by atoms with E-state index in [1.54, 1.807) is 0 Å². The molecule has 0 aliphatic heterocycles. The molecule has 4 nitrogen and oxygen atoms in total. The Morgan fingerprint density at radius 3 is 1.94 bits per heavy atom. The lowest BCUT2D eigenvalue weighted by molar-refractivity contribution is 0.661. The molecule has 0 N–H and O–H groups in total. The van der Waals surface area contributed by atoms with Crippen LogP contribution in [0.1, 0.15) is 30.5 Å². The van der Waals surface area contributed by atoms with Crippen molar-refractivity contribution >= 4 is 21.8 Å². The van der Waals surface area contributed by atoms with Crippen molar-refractivity contribution < 1.29 is 0 Å². The Bertz CT molecular complexity index is 2910. The zero-order chi connectivity index (χ0) is 36.4. The highest BCUT2D eigenvalue weighted by molar-refractivity contribution is 6.11. The lowest BCUT2D eigenvalue weighted by Gasteiger charge is -2.21. The molecule has 2 aromatic heterocycles. The van der Waals surface area contributed by atoms with Crippen molar-refractivity contribution in [3.63, 3.8) is 0 Å². The van der Waals surface area contributed by atoms with Crippen LogP contribution in [0.15, 0.2) is 170 Å². The van der Waals surface area contributed by atoms with E-state index in [0.29, 0.717) is 11.4 Å². The lowest BCUT2D eigenvalue weighted by Crippen LogP contribution is -2.14. The molecule has 0 saturated carbocycles. The summed E-state index contributed by atoms with van der Waals surface area (Å²) in [7, 11) is 0. The zero-order valence-corrected chi connectivity index (χ0v) is 30.0. The third-order valence-electron chi connectivity index (χ3n) is 11.0. The van der Waals surface area contributed by atoms with Gasteiger partial charge in [-0.05, 0) is 88.0 Å². The molecule has 1 aliphatic carbocycles. The molecule has 0 bridgehead atoms. The first-order valence-corrected chi connectivity index (χ1v) is 18.3. The molecule has 0 unspecified atom stereocenters. The van der Waals surface area contributed by atoms with Crippen molar-refractivity contribution in [3.05, 3.63) is 187 Å². The van der Waals surface area contributed by atoms with Gasteiger partial charge in [0.1, 0.15) is 0 Å². The average Bonchev–Trinajstić information content (AvgIpc) is 3.68. The summed E-state index contributed by atoms with van der Waals surface area (Å²) in [5, 5.41) is 12.3. The van der Waals surface area contributed by atoms with Crippen LogP contribution in [0.4, 0.5) is 0 Å². The SMILES string of the molecule is CC1(C)c2ccccc2-c2cc3c(cc21)c1ccccc1n3-c1cc(-c2cccc(C#N)c2)cc(-c2cc(-c3ccccc3)nc(-c3ccccc3)n2)c1. The molecule has 4 heteroatoms. The van der Waals surface area contributed by atoms with Gasteiger partial charge in [-0.1, -0.05) is 129 Å². The molecule has 10 rings (SSSR count). The predicted molar refractivity (Wildman–Crippen MR) is 220 cm³/mol. The van der Waals surface area contributed by atoms with E-state index in [0.717, 1.165) is 55.9 Å². The number of para-hydroxylation sites is 1. The van der Waals surface area contributed by atoms with Gasteiger partial charge < -0.3 is 4.57 Å². The monoisotopic (exact) mass is 690 g/mol. The summed E-state index contributed by atoms with van der Waals surface area (Å²) in [6.07, 6.45) is 0. The Morgan fingerprint density at radius 2 is 1.15 bits per heavy atom. The van der Waals surface area contributed by atoms with Crippen LogP contribution in [0.2, 0.25) is 0 Å². The lowest BCUT2D eigenvalue weighted by atomic mass is 9.82. The molecule has 0 fully saturated rings. The first-order valence-electron chi connectivity index (χ1n) is 18.3. The van der Waals surface area contributed by atoms with E-state index >= 15 is 0 Å². The second-order valence-corrected chi connectivity index (χ2v) is 14.6. The molecule has 254 valence electrons. The summed E-state index contributed by atoms with van der Waals surface area (Å²) < 4.78 is 2.40. The van der Waals surface area contributed by atoms with Gasteiger partial charge in [-0.15, -0.1) is 0 Å². The van der Waals surface area contributed by atoms with E-state index in [4.69, 9.17) is 9.97 Å². The summed E-state index contributed by atoms with van der Waals surface area (Å²) in [6.45, 7) is 4.67. The van der Waals surface area contributed by atoms with E-state index in [-0.39, 0.29) is 5.41 Å². The van der Waals surface area contributed by atoms with Crippen LogP contribution in [0.3, 0.4) is 0 Å². The second kappa shape index (κ2) is 12.3. The van der Waals surface area contributed by atoms with E-state index in [9.17, 15) is 5.26 Å². The minimum Gasteiger partial charge on any atom is -0.309 e. The Kier molecular flexibility index (Phi) is 7.18. The van der Waals surface area contributed by atoms with Crippen LogP contribution >= 0.6 is 0 Å². The van der Waals surface area contributed by atoms with Crippen molar-refractivity contribution in [2.45, 2.75) is 19.3 Å². The summed E-state index contributed by atoms with van der Waals surface area (Å²) in [4.78, 5) is 10.3. The number of nitriles is 1. The van der Waals surface area contributed by atoms with Crippen LogP contribution in [0, 0.1) is 11.3 Å². The molecule has 2 heterocycles. The van der Waals surface area contributed by atoms with Crippen molar-refractivity contribution in [1.82, 2.24) is 14.5 Å². The minimum atomic E-state index is -0.109. The number of rotatable bonds is 5. The zero-order valence-electron chi connectivity index (χ0n) is 30.0. The van der Waals surface area contributed by atoms with Gasteiger partial charge in [0.2, 0.25) is 0 Å². The maximum atomic E-state index is 9.87. The largest absolute Gasteiger partial charge is 0.309 e. The molecule has 0 spiro atoms. The number of aromatic nitrogens is 3. The van der Waals surface area contributed by atoms with Crippen molar-refractivity contribution in [1.29, 1.82) is 5.26 Å². The Morgan fingerprint density at radius 1 is 0.481 bits per heavy atom. The van der Waals surface area contributed by atoms with E-state index < -0.39 is 0 Å². The summed E-state index contributed by atoms with van der Waals surface area (Å²) >= 11 is 0. The molecule has 0 saturated heterocycles. The highest BCUT2D eigenvalue weighted by atomic mass is 15.0. The Hall–Kier alpha value is -7.09. The van der Waals surface area contributed by atoms with Gasteiger partial charge in [0, 0.05) is 38.6 Å². The number of hydrogen-bond acceptors (Lipinski definition) is 3. The quantitative estimate of drug-likeness (QED) is 0.181. The van der Waals surface area contributed by atoms with E-state index in [1.807, 2.05) is 54.6 Å². The first kappa shape index (κ1) is 31.6. The molecular formula is C50H34N4. The molecule has 54 heavy (non-hydrogen) atoms.